The molecule has 11 heteroatoms. The van der Waals surface area contributed by atoms with Crippen molar-refractivity contribution in [2.24, 2.45) is 0 Å². The fourth-order valence-corrected chi connectivity index (χ4v) is 4.41. The van der Waals surface area contributed by atoms with Crippen molar-refractivity contribution in [1.29, 1.82) is 0 Å². The molecule has 1 amide bonds. The first-order valence-corrected chi connectivity index (χ1v) is 9.92. The van der Waals surface area contributed by atoms with Gasteiger partial charge in [0.05, 0.1) is 0 Å². The number of halogens is 4. The van der Waals surface area contributed by atoms with Crippen LogP contribution in [0.15, 0.2) is 47.4 Å². The number of amides is 1. The first-order valence-electron chi connectivity index (χ1n) is 8.48. The van der Waals surface area contributed by atoms with Crippen molar-refractivity contribution < 1.29 is 35.5 Å². The Morgan fingerprint density at radius 2 is 1.59 bits per heavy atom. The molecule has 0 N–H and O–H groups in total. The SMILES string of the molecule is O=C(c1ccc(OC(F)F)cc1)N1CCN(S(=O)(=O)c2cc(F)ccc2F)CC1. The molecule has 0 aromatic heterocycles. The van der Waals surface area contributed by atoms with Crippen molar-refractivity contribution in [3.63, 3.8) is 0 Å². The van der Waals surface area contributed by atoms with Crippen molar-refractivity contribution in [1.82, 2.24) is 9.21 Å². The van der Waals surface area contributed by atoms with Crippen LogP contribution in [0, 0.1) is 11.6 Å². The molecule has 1 heterocycles. The van der Waals surface area contributed by atoms with Crippen LogP contribution in [-0.2, 0) is 10.0 Å². The summed E-state index contributed by atoms with van der Waals surface area (Å²) < 4.78 is 81.9. The van der Waals surface area contributed by atoms with E-state index in [1.54, 1.807) is 0 Å². The third-order valence-electron chi connectivity index (χ3n) is 4.36. The third-order valence-corrected chi connectivity index (χ3v) is 6.28. The summed E-state index contributed by atoms with van der Waals surface area (Å²) in [5.41, 5.74) is 0.221. The maximum atomic E-state index is 13.9. The first-order chi connectivity index (χ1) is 13.7. The summed E-state index contributed by atoms with van der Waals surface area (Å²) in [7, 11) is -4.25. The summed E-state index contributed by atoms with van der Waals surface area (Å²) in [6, 6.07) is 7.29. The molecule has 2 aromatic carbocycles. The molecular weight excluding hydrogens is 416 g/mol. The minimum atomic E-state index is -4.25. The fourth-order valence-electron chi connectivity index (χ4n) is 2.91. The number of nitrogens with zero attached hydrogens (tertiary/aromatic N) is 2. The summed E-state index contributed by atoms with van der Waals surface area (Å²) in [4.78, 5) is 13.1. The molecule has 0 bridgehead atoms. The Morgan fingerprint density at radius 1 is 0.966 bits per heavy atom. The van der Waals surface area contributed by atoms with E-state index in [2.05, 4.69) is 4.74 Å². The molecule has 1 aliphatic heterocycles. The van der Waals surface area contributed by atoms with E-state index in [1.807, 2.05) is 0 Å². The minimum Gasteiger partial charge on any atom is -0.435 e. The van der Waals surface area contributed by atoms with Crippen LogP contribution in [0.25, 0.3) is 0 Å². The number of carbonyl (C=O) groups is 1. The number of piperazine rings is 1. The van der Waals surface area contributed by atoms with Gasteiger partial charge in [-0.05, 0) is 42.5 Å². The second-order valence-corrected chi connectivity index (χ2v) is 8.08. The molecule has 0 atom stereocenters. The van der Waals surface area contributed by atoms with Crippen LogP contribution in [0.1, 0.15) is 10.4 Å². The summed E-state index contributed by atoms with van der Waals surface area (Å²) in [6.45, 7) is -3.11. The first kappa shape index (κ1) is 21.1. The Morgan fingerprint density at radius 3 is 2.17 bits per heavy atom. The van der Waals surface area contributed by atoms with Gasteiger partial charge in [-0.2, -0.15) is 13.1 Å². The Hall–Kier alpha value is -2.66. The van der Waals surface area contributed by atoms with E-state index in [0.717, 1.165) is 16.4 Å². The molecule has 0 radical (unpaired) electrons. The van der Waals surface area contributed by atoms with Gasteiger partial charge in [-0.15, -0.1) is 0 Å². The van der Waals surface area contributed by atoms with Crippen LogP contribution in [-0.4, -0.2) is 56.3 Å². The molecule has 0 aliphatic carbocycles. The number of rotatable bonds is 5. The predicted octanol–water partition coefficient (Wildman–Crippen LogP) is 2.71. The molecule has 156 valence electrons. The molecule has 29 heavy (non-hydrogen) atoms. The number of hydrogen-bond acceptors (Lipinski definition) is 4. The number of ether oxygens (including phenoxy) is 1. The molecular formula is C18H16F4N2O4S. The van der Waals surface area contributed by atoms with Crippen molar-refractivity contribution >= 4 is 15.9 Å². The van der Waals surface area contributed by atoms with Gasteiger partial charge in [0.15, 0.2) is 0 Å². The topological polar surface area (TPSA) is 66.9 Å². The van der Waals surface area contributed by atoms with Gasteiger partial charge < -0.3 is 9.64 Å². The highest BCUT2D eigenvalue weighted by Gasteiger charge is 2.32. The summed E-state index contributed by atoms with van der Waals surface area (Å²) in [6.07, 6.45) is 0. The van der Waals surface area contributed by atoms with E-state index in [1.165, 1.54) is 29.2 Å². The maximum Gasteiger partial charge on any atom is 0.387 e. The second kappa shape index (κ2) is 8.37. The average molecular weight is 432 g/mol. The molecule has 3 rings (SSSR count). The van der Waals surface area contributed by atoms with Gasteiger partial charge in [0.25, 0.3) is 5.91 Å². The molecule has 2 aromatic rings. The highest BCUT2D eigenvalue weighted by atomic mass is 32.2. The Labute approximate surface area is 164 Å². The lowest BCUT2D eigenvalue weighted by Gasteiger charge is -2.34. The monoisotopic (exact) mass is 432 g/mol. The molecule has 1 saturated heterocycles. The van der Waals surface area contributed by atoms with Gasteiger partial charge in [-0.25, -0.2) is 17.2 Å². The van der Waals surface area contributed by atoms with Crippen LogP contribution in [0.5, 0.6) is 5.75 Å². The highest BCUT2D eigenvalue weighted by molar-refractivity contribution is 7.89. The minimum absolute atomic E-state index is 0.0320. The Bertz CT molecular complexity index is 991. The lowest BCUT2D eigenvalue weighted by Crippen LogP contribution is -2.50. The number of sulfonamides is 1. The number of alkyl halides is 2. The second-order valence-electron chi connectivity index (χ2n) is 6.17. The quantitative estimate of drug-likeness (QED) is 0.682. The van der Waals surface area contributed by atoms with Crippen LogP contribution in [0.4, 0.5) is 17.6 Å². The van der Waals surface area contributed by atoms with Crippen LogP contribution in [0.2, 0.25) is 0 Å². The van der Waals surface area contributed by atoms with Gasteiger partial charge in [0.2, 0.25) is 10.0 Å². The summed E-state index contributed by atoms with van der Waals surface area (Å²) in [5.74, 6) is -2.44. The van der Waals surface area contributed by atoms with E-state index in [-0.39, 0.29) is 37.5 Å². The lowest BCUT2D eigenvalue weighted by molar-refractivity contribution is -0.0498. The van der Waals surface area contributed by atoms with Crippen LogP contribution >= 0.6 is 0 Å². The van der Waals surface area contributed by atoms with Crippen molar-refractivity contribution in [2.45, 2.75) is 11.5 Å². The zero-order chi connectivity index (χ0) is 21.2. The van der Waals surface area contributed by atoms with Crippen LogP contribution < -0.4 is 4.74 Å². The van der Waals surface area contributed by atoms with E-state index in [0.29, 0.717) is 6.07 Å². The molecule has 0 spiro atoms. The van der Waals surface area contributed by atoms with Gasteiger partial charge in [-0.1, -0.05) is 0 Å². The van der Waals surface area contributed by atoms with Crippen LogP contribution in [0.3, 0.4) is 0 Å². The maximum absolute atomic E-state index is 13.9. The van der Waals surface area contributed by atoms with Crippen molar-refractivity contribution in [3.05, 3.63) is 59.7 Å². The predicted molar refractivity (Wildman–Crippen MR) is 94.1 cm³/mol. The van der Waals surface area contributed by atoms with E-state index in [4.69, 9.17) is 0 Å². The summed E-state index contributed by atoms with van der Waals surface area (Å²) in [5, 5.41) is 0. The third kappa shape index (κ3) is 4.67. The Balaban J connectivity index is 1.67. The molecule has 0 saturated carbocycles. The number of benzene rings is 2. The molecule has 0 unspecified atom stereocenters. The smallest absolute Gasteiger partial charge is 0.387 e. The van der Waals surface area contributed by atoms with Gasteiger partial charge >= 0.3 is 6.61 Å². The van der Waals surface area contributed by atoms with Gasteiger partial charge in [0, 0.05) is 31.7 Å². The van der Waals surface area contributed by atoms with E-state index < -0.39 is 39.1 Å². The van der Waals surface area contributed by atoms with E-state index in [9.17, 15) is 30.8 Å². The lowest BCUT2D eigenvalue weighted by atomic mass is 10.2. The highest BCUT2D eigenvalue weighted by Crippen LogP contribution is 2.22. The van der Waals surface area contributed by atoms with Gasteiger partial charge in [-0.3, -0.25) is 4.79 Å². The molecule has 1 aliphatic rings. The zero-order valence-corrected chi connectivity index (χ0v) is 15.7. The van der Waals surface area contributed by atoms with Gasteiger partial charge in [0.1, 0.15) is 22.3 Å². The molecule has 6 nitrogen and oxygen atoms in total. The standard InChI is InChI=1S/C18H16F4N2O4S/c19-13-3-6-15(20)16(11-13)29(26,27)24-9-7-23(8-10-24)17(25)12-1-4-14(5-2-12)28-18(21)22/h1-6,11,18H,7-10H2. The molecule has 1 fully saturated rings. The number of hydrogen-bond donors (Lipinski definition) is 0. The number of carbonyl (C=O) groups excluding carboxylic acids is 1. The van der Waals surface area contributed by atoms with Crippen molar-refractivity contribution in [2.75, 3.05) is 26.2 Å². The largest absolute Gasteiger partial charge is 0.435 e. The normalized spacial score (nSPS) is 15.6. The fraction of sp³-hybridized carbons (Fsp3) is 0.278. The van der Waals surface area contributed by atoms with Crippen molar-refractivity contribution in [3.8, 4) is 5.75 Å². The Kier molecular flexibility index (Phi) is 6.08. The van der Waals surface area contributed by atoms with E-state index >= 15 is 0 Å². The summed E-state index contributed by atoms with van der Waals surface area (Å²) >= 11 is 0. The zero-order valence-electron chi connectivity index (χ0n) is 14.9. The average Bonchev–Trinajstić information content (AvgIpc) is 2.69.